The molecule has 30 heavy (non-hydrogen) atoms. The number of nitriles is 1. The summed E-state index contributed by atoms with van der Waals surface area (Å²) in [4.78, 5) is 21.2. The molecule has 0 bridgehead atoms. The van der Waals surface area contributed by atoms with Crippen LogP contribution in [0.4, 0.5) is 11.6 Å². The number of amides is 1. The fraction of sp³-hybridized carbons (Fsp3) is 0.286. The smallest absolute Gasteiger partial charge is 0.252 e. The molecule has 0 radical (unpaired) electrons. The van der Waals surface area contributed by atoms with Crippen LogP contribution in [-0.2, 0) is 6.54 Å². The number of aliphatic hydroxyl groups excluding tert-OH is 1. The van der Waals surface area contributed by atoms with Crippen LogP contribution < -0.4 is 10.6 Å². The van der Waals surface area contributed by atoms with E-state index in [1.54, 1.807) is 35.4 Å². The average molecular weight is 405 g/mol. The third-order valence-corrected chi connectivity index (χ3v) is 4.48. The van der Waals surface area contributed by atoms with Crippen molar-refractivity contribution in [3.8, 4) is 17.3 Å². The van der Waals surface area contributed by atoms with E-state index in [1.807, 2.05) is 26.0 Å². The van der Waals surface area contributed by atoms with Crippen LogP contribution in [0, 0.1) is 18.3 Å². The van der Waals surface area contributed by atoms with Crippen molar-refractivity contribution in [3.63, 3.8) is 0 Å². The van der Waals surface area contributed by atoms with Gasteiger partial charge in [-0.1, -0.05) is 19.1 Å². The van der Waals surface area contributed by atoms with Gasteiger partial charge in [-0.3, -0.25) is 9.48 Å². The molecule has 0 aliphatic carbocycles. The molecule has 0 aliphatic heterocycles. The summed E-state index contributed by atoms with van der Waals surface area (Å²) in [6, 6.07) is 8.62. The van der Waals surface area contributed by atoms with E-state index in [0.29, 0.717) is 30.2 Å². The first kappa shape index (κ1) is 21.0. The number of hydrogen-bond acceptors (Lipinski definition) is 7. The van der Waals surface area contributed by atoms with Gasteiger partial charge >= 0.3 is 0 Å². The van der Waals surface area contributed by atoms with Gasteiger partial charge in [-0.05, 0) is 31.0 Å². The number of aromatic nitrogens is 4. The van der Waals surface area contributed by atoms with Crippen LogP contribution in [-0.4, -0.2) is 43.4 Å². The van der Waals surface area contributed by atoms with Crippen molar-refractivity contribution in [2.24, 2.45) is 0 Å². The van der Waals surface area contributed by atoms with Crippen molar-refractivity contribution in [3.05, 3.63) is 54.0 Å². The molecule has 0 spiro atoms. The highest BCUT2D eigenvalue weighted by Gasteiger charge is 2.13. The Morgan fingerprint density at radius 2 is 2.07 bits per heavy atom. The second-order valence-electron chi connectivity index (χ2n) is 6.71. The molecule has 3 aromatic rings. The fourth-order valence-corrected chi connectivity index (χ4v) is 2.82. The minimum Gasteiger partial charge on any atom is -0.394 e. The molecule has 1 atom stereocenters. The number of rotatable bonds is 8. The molecular formula is C21H23N7O2. The third kappa shape index (κ3) is 4.98. The van der Waals surface area contributed by atoms with E-state index in [9.17, 15) is 4.79 Å². The molecule has 1 amide bonds. The van der Waals surface area contributed by atoms with Crippen LogP contribution in [0.25, 0.3) is 11.3 Å². The molecule has 1 aromatic carbocycles. The Hall–Kier alpha value is -3.77. The lowest BCUT2D eigenvalue weighted by molar-refractivity contribution is 0.0944. The maximum Gasteiger partial charge on any atom is 0.252 e. The van der Waals surface area contributed by atoms with E-state index in [0.717, 1.165) is 16.8 Å². The van der Waals surface area contributed by atoms with Gasteiger partial charge in [0.2, 0.25) is 5.95 Å². The van der Waals surface area contributed by atoms with E-state index in [2.05, 4.69) is 31.8 Å². The van der Waals surface area contributed by atoms with Gasteiger partial charge in [-0.25, -0.2) is 9.97 Å². The largest absolute Gasteiger partial charge is 0.394 e. The van der Waals surface area contributed by atoms with E-state index >= 15 is 0 Å². The molecule has 0 unspecified atom stereocenters. The van der Waals surface area contributed by atoms with E-state index in [4.69, 9.17) is 10.4 Å². The van der Waals surface area contributed by atoms with E-state index in [1.165, 1.54) is 0 Å². The first-order chi connectivity index (χ1) is 14.5. The molecule has 2 heterocycles. The van der Waals surface area contributed by atoms with Crippen molar-refractivity contribution in [2.75, 3.05) is 11.9 Å². The summed E-state index contributed by atoms with van der Waals surface area (Å²) in [7, 11) is 0. The van der Waals surface area contributed by atoms with Crippen LogP contribution >= 0.6 is 0 Å². The van der Waals surface area contributed by atoms with Gasteiger partial charge in [0.05, 0.1) is 36.8 Å². The van der Waals surface area contributed by atoms with Crippen LogP contribution in [0.3, 0.4) is 0 Å². The van der Waals surface area contributed by atoms with Gasteiger partial charge in [-0.15, -0.1) is 0 Å². The summed E-state index contributed by atoms with van der Waals surface area (Å²) in [5, 5.41) is 27.9. The van der Waals surface area contributed by atoms with Gasteiger partial charge in [0.15, 0.2) is 0 Å². The Morgan fingerprint density at radius 3 is 2.73 bits per heavy atom. The van der Waals surface area contributed by atoms with Crippen LogP contribution in [0.5, 0.6) is 0 Å². The standard InChI is InChI=1S/C21H23N7O2/c1-3-17(10-22)25-20(30)16-6-4-15(5-7-16)19-14(2)11-23-21(27-19)26-18-12-24-28(13-18)8-9-29/h4-7,11-13,17,29H,3,8-9H2,1-2H3,(H,25,30)(H,23,26,27)/t17-/m0/s1. The quantitative estimate of drug-likeness (QED) is 0.525. The van der Waals surface area contributed by atoms with Gasteiger partial charge < -0.3 is 15.7 Å². The molecule has 3 rings (SSSR count). The highest BCUT2D eigenvalue weighted by Crippen LogP contribution is 2.23. The monoisotopic (exact) mass is 405 g/mol. The predicted octanol–water partition coefficient (Wildman–Crippen LogP) is 2.42. The highest BCUT2D eigenvalue weighted by molar-refractivity contribution is 5.95. The van der Waals surface area contributed by atoms with E-state index < -0.39 is 6.04 Å². The lowest BCUT2D eigenvalue weighted by Gasteiger charge is -2.11. The number of aryl methyl sites for hydroxylation is 1. The first-order valence-electron chi connectivity index (χ1n) is 9.59. The van der Waals surface area contributed by atoms with Crippen LogP contribution in [0.1, 0.15) is 29.3 Å². The number of nitrogens with zero attached hydrogens (tertiary/aromatic N) is 5. The van der Waals surface area contributed by atoms with Gasteiger partial charge in [0, 0.05) is 23.5 Å². The molecule has 9 nitrogen and oxygen atoms in total. The molecule has 0 aliphatic rings. The minimum absolute atomic E-state index is 0.00985. The van der Waals surface area contributed by atoms with Crippen molar-refractivity contribution in [1.29, 1.82) is 5.26 Å². The lowest BCUT2D eigenvalue weighted by atomic mass is 10.1. The molecule has 2 aromatic heterocycles. The van der Waals surface area contributed by atoms with Gasteiger partial charge in [0.1, 0.15) is 6.04 Å². The molecule has 3 N–H and O–H groups in total. The summed E-state index contributed by atoms with van der Waals surface area (Å²) in [5.74, 6) is 0.136. The second-order valence-corrected chi connectivity index (χ2v) is 6.71. The number of nitrogens with one attached hydrogen (secondary N) is 2. The molecule has 0 saturated carbocycles. The maximum atomic E-state index is 12.3. The van der Waals surface area contributed by atoms with Gasteiger partial charge in [-0.2, -0.15) is 10.4 Å². The zero-order chi connectivity index (χ0) is 21.5. The highest BCUT2D eigenvalue weighted by atomic mass is 16.3. The van der Waals surface area contributed by atoms with Crippen molar-refractivity contribution in [1.82, 2.24) is 25.1 Å². The Labute approximate surface area is 174 Å². The SMILES string of the molecule is CC[C@@H](C#N)NC(=O)c1ccc(-c2nc(Nc3cnn(CCO)c3)ncc2C)cc1. The number of aliphatic hydroxyl groups is 1. The third-order valence-electron chi connectivity index (χ3n) is 4.48. The zero-order valence-corrected chi connectivity index (χ0v) is 16.8. The van der Waals surface area contributed by atoms with Crippen LogP contribution in [0.15, 0.2) is 42.9 Å². The summed E-state index contributed by atoms with van der Waals surface area (Å²) < 4.78 is 1.62. The molecular weight excluding hydrogens is 382 g/mol. The van der Waals surface area contributed by atoms with Gasteiger partial charge in [0.25, 0.3) is 5.91 Å². The van der Waals surface area contributed by atoms with Crippen LogP contribution in [0.2, 0.25) is 0 Å². The Morgan fingerprint density at radius 1 is 1.30 bits per heavy atom. The summed E-state index contributed by atoms with van der Waals surface area (Å²) in [6.07, 6.45) is 5.67. The molecule has 0 fully saturated rings. The summed E-state index contributed by atoms with van der Waals surface area (Å²) >= 11 is 0. The predicted molar refractivity (Wildman–Crippen MR) is 112 cm³/mol. The average Bonchev–Trinajstić information content (AvgIpc) is 3.20. The number of hydrogen-bond donors (Lipinski definition) is 3. The normalized spacial score (nSPS) is 11.5. The molecule has 154 valence electrons. The van der Waals surface area contributed by atoms with Crippen molar-refractivity contribution in [2.45, 2.75) is 32.9 Å². The zero-order valence-electron chi connectivity index (χ0n) is 16.8. The number of carbonyl (C=O) groups excluding carboxylic acids is 1. The topological polar surface area (TPSA) is 129 Å². The van der Waals surface area contributed by atoms with E-state index in [-0.39, 0.29) is 12.5 Å². The van der Waals surface area contributed by atoms with Crippen molar-refractivity contribution < 1.29 is 9.90 Å². The minimum atomic E-state index is -0.503. The Balaban J connectivity index is 1.77. The fourth-order valence-electron chi connectivity index (χ4n) is 2.82. The molecule has 9 heteroatoms. The maximum absolute atomic E-state index is 12.3. The number of carbonyl (C=O) groups is 1. The summed E-state index contributed by atoms with van der Waals surface area (Å²) in [6.45, 7) is 4.18. The summed E-state index contributed by atoms with van der Waals surface area (Å²) in [5.41, 5.74) is 3.68. The first-order valence-corrected chi connectivity index (χ1v) is 9.59. The second kappa shape index (κ2) is 9.62. The lowest BCUT2D eigenvalue weighted by Crippen LogP contribution is -2.33. The molecule has 0 saturated heterocycles. The number of anilines is 2. The Bertz CT molecular complexity index is 1050. The number of benzene rings is 1. The van der Waals surface area contributed by atoms with Crippen molar-refractivity contribution >= 4 is 17.5 Å². The Kier molecular flexibility index (Phi) is 6.72.